The maximum absolute atomic E-state index is 13.8. The van der Waals surface area contributed by atoms with Gasteiger partial charge in [-0.25, -0.2) is 9.96 Å². The van der Waals surface area contributed by atoms with Crippen LogP contribution in [0.4, 0.5) is 11.4 Å². The van der Waals surface area contributed by atoms with Crippen LogP contribution in [0.3, 0.4) is 0 Å². The minimum atomic E-state index is -0.936. The van der Waals surface area contributed by atoms with E-state index in [0.29, 0.717) is 23.8 Å². The number of carbonyl (C=O) groups excluding carboxylic acids is 2. The zero-order chi connectivity index (χ0) is 23.8. The van der Waals surface area contributed by atoms with Gasteiger partial charge in [-0.1, -0.05) is 30.3 Å². The summed E-state index contributed by atoms with van der Waals surface area (Å²) in [6.07, 6.45) is -0.936. The van der Waals surface area contributed by atoms with E-state index in [0.717, 1.165) is 15.7 Å². The predicted molar refractivity (Wildman–Crippen MR) is 131 cm³/mol. The molecule has 0 N–H and O–H groups in total. The van der Waals surface area contributed by atoms with E-state index in [-0.39, 0.29) is 11.8 Å². The highest BCUT2D eigenvalue weighted by Gasteiger charge is 2.60. The molecule has 5 rings (SSSR count). The van der Waals surface area contributed by atoms with E-state index in [2.05, 4.69) is 15.9 Å². The quantitative estimate of drug-likeness (QED) is 0.428. The van der Waals surface area contributed by atoms with E-state index in [1.165, 1.54) is 4.90 Å². The summed E-state index contributed by atoms with van der Waals surface area (Å²) in [6.45, 7) is 2.37. The highest BCUT2D eigenvalue weighted by atomic mass is 79.9. The molecule has 3 aromatic carbocycles. The molecule has 2 amide bonds. The molecule has 7 nitrogen and oxygen atoms in total. The highest BCUT2D eigenvalue weighted by molar-refractivity contribution is 9.10. The number of rotatable bonds is 6. The average molecular weight is 523 g/mol. The number of ether oxygens (including phenoxy) is 2. The van der Waals surface area contributed by atoms with Crippen molar-refractivity contribution < 1.29 is 23.9 Å². The lowest BCUT2D eigenvalue weighted by Gasteiger charge is -2.29. The summed E-state index contributed by atoms with van der Waals surface area (Å²) in [5.41, 5.74) is 2.06. The third kappa shape index (κ3) is 3.73. The van der Waals surface area contributed by atoms with Crippen molar-refractivity contribution in [2.24, 2.45) is 5.92 Å². The average Bonchev–Trinajstić information content (AvgIpc) is 3.36. The van der Waals surface area contributed by atoms with Crippen molar-refractivity contribution in [3.05, 3.63) is 82.8 Å². The van der Waals surface area contributed by atoms with Gasteiger partial charge in [-0.3, -0.25) is 14.4 Å². The van der Waals surface area contributed by atoms with Crippen molar-refractivity contribution in [3.63, 3.8) is 0 Å². The van der Waals surface area contributed by atoms with Gasteiger partial charge in [-0.2, -0.15) is 0 Å². The van der Waals surface area contributed by atoms with Crippen LogP contribution >= 0.6 is 15.9 Å². The van der Waals surface area contributed by atoms with Gasteiger partial charge in [0.15, 0.2) is 6.10 Å². The first-order chi connectivity index (χ1) is 16.5. The SMILES string of the molecule is CCOc1cccc(N2C(=O)[C@H]3[C@@H](ON(c4ccccc4)[C@H]3c3ccc(OC)c(Br)c3)C2=O)c1. The lowest BCUT2D eigenvalue weighted by Crippen LogP contribution is -2.37. The van der Waals surface area contributed by atoms with Crippen LogP contribution in [-0.2, 0) is 14.4 Å². The number of amides is 2. The third-order valence-corrected chi connectivity index (χ3v) is 6.65. The summed E-state index contributed by atoms with van der Waals surface area (Å²) in [5, 5.41) is 1.67. The van der Waals surface area contributed by atoms with Crippen molar-refractivity contribution in [2.45, 2.75) is 19.1 Å². The number of benzene rings is 3. The molecule has 0 unspecified atom stereocenters. The maximum Gasteiger partial charge on any atom is 0.266 e. The second-order valence-electron chi connectivity index (χ2n) is 7.99. The van der Waals surface area contributed by atoms with Crippen molar-refractivity contribution in [3.8, 4) is 11.5 Å². The lowest BCUT2D eigenvalue weighted by atomic mass is 9.90. The predicted octanol–water partition coefficient (Wildman–Crippen LogP) is 4.91. The normalized spacial score (nSPS) is 21.7. The fourth-order valence-corrected chi connectivity index (χ4v) is 5.11. The minimum Gasteiger partial charge on any atom is -0.496 e. The fourth-order valence-electron chi connectivity index (χ4n) is 4.55. The van der Waals surface area contributed by atoms with Crippen LogP contribution in [0, 0.1) is 5.92 Å². The van der Waals surface area contributed by atoms with Crippen molar-refractivity contribution in [2.75, 3.05) is 23.7 Å². The molecule has 8 heteroatoms. The van der Waals surface area contributed by atoms with Gasteiger partial charge in [-0.05, 0) is 64.8 Å². The van der Waals surface area contributed by atoms with Gasteiger partial charge in [0, 0.05) is 6.07 Å². The maximum atomic E-state index is 13.8. The summed E-state index contributed by atoms with van der Waals surface area (Å²) >= 11 is 3.54. The molecular weight excluding hydrogens is 500 g/mol. The van der Waals surface area contributed by atoms with Gasteiger partial charge in [0.1, 0.15) is 17.4 Å². The number of hydrogen-bond acceptors (Lipinski definition) is 6. The molecule has 0 spiro atoms. The van der Waals surface area contributed by atoms with Gasteiger partial charge in [0.25, 0.3) is 5.91 Å². The Kier molecular flexibility index (Phi) is 6.02. The molecule has 174 valence electrons. The Morgan fingerprint density at radius 1 is 0.941 bits per heavy atom. The number of hydrogen-bond donors (Lipinski definition) is 0. The van der Waals surface area contributed by atoms with Crippen LogP contribution in [0.15, 0.2) is 77.3 Å². The topological polar surface area (TPSA) is 68.3 Å². The van der Waals surface area contributed by atoms with Crippen LogP contribution in [0.2, 0.25) is 0 Å². The second-order valence-corrected chi connectivity index (χ2v) is 8.85. The molecule has 2 fully saturated rings. The summed E-state index contributed by atoms with van der Waals surface area (Å²) in [6, 6.07) is 21.6. The summed E-state index contributed by atoms with van der Waals surface area (Å²) in [7, 11) is 1.60. The van der Waals surface area contributed by atoms with Gasteiger partial charge in [0.05, 0.1) is 35.6 Å². The lowest BCUT2D eigenvalue weighted by molar-refractivity contribution is -0.126. The molecule has 0 bridgehead atoms. The molecule has 2 aliphatic heterocycles. The van der Waals surface area contributed by atoms with Gasteiger partial charge in [0.2, 0.25) is 5.91 Å². The third-order valence-electron chi connectivity index (χ3n) is 6.03. The summed E-state index contributed by atoms with van der Waals surface area (Å²) in [5.74, 6) is -0.142. The minimum absolute atomic E-state index is 0.306. The van der Waals surface area contributed by atoms with E-state index >= 15 is 0 Å². The fraction of sp³-hybridized carbons (Fsp3) is 0.231. The van der Waals surface area contributed by atoms with E-state index in [4.69, 9.17) is 14.3 Å². The number of para-hydroxylation sites is 1. The monoisotopic (exact) mass is 522 g/mol. The van der Waals surface area contributed by atoms with Gasteiger partial charge >= 0.3 is 0 Å². The molecule has 2 heterocycles. The smallest absolute Gasteiger partial charge is 0.266 e. The highest BCUT2D eigenvalue weighted by Crippen LogP contribution is 2.48. The number of imide groups is 1. The molecule has 34 heavy (non-hydrogen) atoms. The molecule has 3 atom stereocenters. The molecule has 0 radical (unpaired) electrons. The number of carbonyl (C=O) groups is 2. The van der Waals surface area contributed by atoms with E-state index in [1.807, 2.05) is 55.5 Å². The van der Waals surface area contributed by atoms with Gasteiger partial charge < -0.3 is 9.47 Å². The Morgan fingerprint density at radius 3 is 2.41 bits per heavy atom. The molecule has 0 aliphatic carbocycles. The Balaban J connectivity index is 1.57. The number of anilines is 2. The van der Waals surface area contributed by atoms with Crippen LogP contribution in [0.5, 0.6) is 11.5 Å². The molecular formula is C26H23BrN2O5. The molecule has 0 aromatic heterocycles. The van der Waals surface area contributed by atoms with Crippen LogP contribution in [0.25, 0.3) is 0 Å². The molecule has 2 saturated heterocycles. The Labute approximate surface area is 205 Å². The number of nitrogens with zero attached hydrogens (tertiary/aromatic N) is 2. The summed E-state index contributed by atoms with van der Waals surface area (Å²) in [4.78, 5) is 34.6. The first-order valence-corrected chi connectivity index (χ1v) is 11.8. The van der Waals surface area contributed by atoms with Crippen molar-refractivity contribution in [1.29, 1.82) is 0 Å². The zero-order valence-electron chi connectivity index (χ0n) is 18.7. The first-order valence-electron chi connectivity index (χ1n) is 11.0. The van der Waals surface area contributed by atoms with E-state index in [9.17, 15) is 9.59 Å². The number of methoxy groups -OCH3 is 1. The Morgan fingerprint density at radius 2 is 1.71 bits per heavy atom. The molecule has 3 aromatic rings. The van der Waals surface area contributed by atoms with E-state index in [1.54, 1.807) is 36.4 Å². The largest absolute Gasteiger partial charge is 0.496 e. The summed E-state index contributed by atoms with van der Waals surface area (Å²) < 4.78 is 11.7. The molecule has 2 aliphatic rings. The Hall–Kier alpha value is -3.36. The number of fused-ring (bicyclic) bond motifs is 1. The number of halogens is 1. The number of hydroxylamine groups is 1. The first kappa shape index (κ1) is 22.4. The zero-order valence-corrected chi connectivity index (χ0v) is 20.3. The van der Waals surface area contributed by atoms with Crippen LogP contribution < -0.4 is 19.4 Å². The Bertz CT molecular complexity index is 1230. The van der Waals surface area contributed by atoms with Crippen LogP contribution in [-0.4, -0.2) is 31.6 Å². The standard InChI is InChI=1S/C26H23BrN2O5/c1-3-33-19-11-7-10-18(15-19)28-25(30)22-23(16-12-13-21(32-2)20(27)14-16)29(34-24(22)26(28)31)17-8-5-4-6-9-17/h4-15,22-24H,3H2,1-2H3/t22-,23+,24-/m1/s1. The second kappa shape index (κ2) is 9.12. The van der Waals surface area contributed by atoms with Gasteiger partial charge in [-0.15, -0.1) is 0 Å². The van der Waals surface area contributed by atoms with E-state index < -0.39 is 18.1 Å². The van der Waals surface area contributed by atoms with Crippen molar-refractivity contribution in [1.82, 2.24) is 0 Å². The molecule has 0 saturated carbocycles. The van der Waals surface area contributed by atoms with Crippen molar-refractivity contribution >= 4 is 39.1 Å². The van der Waals surface area contributed by atoms with Crippen LogP contribution in [0.1, 0.15) is 18.5 Å².